The van der Waals surface area contributed by atoms with Gasteiger partial charge in [-0.3, -0.25) is 0 Å². The van der Waals surface area contributed by atoms with Gasteiger partial charge >= 0.3 is 0 Å². The van der Waals surface area contributed by atoms with E-state index in [4.69, 9.17) is 0 Å². The highest BCUT2D eigenvalue weighted by atomic mass is 15.2. The van der Waals surface area contributed by atoms with E-state index in [0.717, 1.165) is 0 Å². The number of anilines is 2. The maximum absolute atomic E-state index is 2.49. The van der Waals surface area contributed by atoms with Gasteiger partial charge in [0.2, 0.25) is 0 Å². The molecule has 0 unspecified atom stereocenters. The standard InChI is InChI=1S/C38H32N2/c1-38(2,3)40(32-24-22-28(23-25-32)30-21-20-27-12-7-8-13-29(27)26-30)36-19-11-18-35-37(36)33-16-9-10-17-34(33)39(35)31-14-5-4-6-15-31/h4-26H,1-3H3. The molecule has 0 N–H and O–H groups in total. The molecule has 7 aromatic rings. The third kappa shape index (κ3) is 4.04. The van der Waals surface area contributed by atoms with Crippen molar-refractivity contribution in [2.45, 2.75) is 26.3 Å². The van der Waals surface area contributed by atoms with Gasteiger partial charge in [0.05, 0.1) is 16.7 Å². The van der Waals surface area contributed by atoms with Gasteiger partial charge in [0.1, 0.15) is 0 Å². The van der Waals surface area contributed by atoms with Crippen LogP contribution in [0.25, 0.3) is 49.4 Å². The third-order valence-electron chi connectivity index (χ3n) is 7.81. The quantitative estimate of drug-likeness (QED) is 0.226. The van der Waals surface area contributed by atoms with Crippen LogP contribution in [0.3, 0.4) is 0 Å². The molecular weight excluding hydrogens is 484 g/mol. The first-order valence-corrected chi connectivity index (χ1v) is 14.0. The molecule has 0 radical (unpaired) electrons. The van der Waals surface area contributed by atoms with Crippen molar-refractivity contribution in [3.05, 3.63) is 140 Å². The van der Waals surface area contributed by atoms with Crippen molar-refractivity contribution in [1.82, 2.24) is 4.57 Å². The van der Waals surface area contributed by atoms with E-state index < -0.39 is 0 Å². The lowest BCUT2D eigenvalue weighted by molar-refractivity contribution is 0.561. The molecule has 2 nitrogen and oxygen atoms in total. The van der Waals surface area contributed by atoms with Gasteiger partial charge in [-0.15, -0.1) is 0 Å². The Morgan fingerprint density at radius 2 is 1.18 bits per heavy atom. The predicted octanol–water partition coefficient (Wildman–Crippen LogP) is 10.5. The van der Waals surface area contributed by atoms with Crippen LogP contribution in [0.4, 0.5) is 11.4 Å². The zero-order valence-electron chi connectivity index (χ0n) is 23.2. The van der Waals surface area contributed by atoms with Crippen molar-refractivity contribution >= 4 is 44.0 Å². The molecule has 194 valence electrons. The van der Waals surface area contributed by atoms with E-state index in [1.807, 2.05) is 0 Å². The Labute approximate surface area is 235 Å². The molecule has 0 atom stereocenters. The molecule has 0 aliphatic rings. The van der Waals surface area contributed by atoms with Gasteiger partial charge in [-0.1, -0.05) is 91.0 Å². The Morgan fingerprint density at radius 1 is 0.525 bits per heavy atom. The number of hydrogen-bond acceptors (Lipinski definition) is 1. The van der Waals surface area contributed by atoms with Gasteiger partial charge < -0.3 is 9.47 Å². The molecule has 0 saturated heterocycles. The number of para-hydroxylation sites is 2. The van der Waals surface area contributed by atoms with Gasteiger partial charge in [-0.05, 0) is 91.2 Å². The van der Waals surface area contributed by atoms with Gasteiger partial charge in [-0.2, -0.15) is 0 Å². The Morgan fingerprint density at radius 3 is 1.95 bits per heavy atom. The summed E-state index contributed by atoms with van der Waals surface area (Å²) >= 11 is 0. The van der Waals surface area contributed by atoms with Crippen molar-refractivity contribution in [2.75, 3.05) is 4.90 Å². The van der Waals surface area contributed by atoms with E-state index in [9.17, 15) is 0 Å². The second-order valence-electron chi connectivity index (χ2n) is 11.5. The van der Waals surface area contributed by atoms with Crippen molar-refractivity contribution in [3.63, 3.8) is 0 Å². The van der Waals surface area contributed by atoms with Crippen LogP contribution < -0.4 is 4.90 Å². The summed E-state index contributed by atoms with van der Waals surface area (Å²) in [6, 6.07) is 50.4. The number of aromatic nitrogens is 1. The normalized spacial score (nSPS) is 11.9. The first-order valence-electron chi connectivity index (χ1n) is 14.0. The lowest BCUT2D eigenvalue weighted by Crippen LogP contribution is -2.37. The average molecular weight is 517 g/mol. The molecule has 0 spiro atoms. The maximum atomic E-state index is 2.49. The second-order valence-corrected chi connectivity index (χ2v) is 11.5. The summed E-state index contributed by atoms with van der Waals surface area (Å²) in [5, 5.41) is 5.07. The van der Waals surface area contributed by atoms with E-state index >= 15 is 0 Å². The number of fused-ring (bicyclic) bond motifs is 4. The van der Waals surface area contributed by atoms with Crippen LogP contribution in [0.1, 0.15) is 20.8 Å². The summed E-state index contributed by atoms with van der Waals surface area (Å²) < 4.78 is 2.39. The molecule has 0 amide bonds. The highest BCUT2D eigenvalue weighted by Crippen LogP contribution is 2.43. The summed E-state index contributed by atoms with van der Waals surface area (Å²) in [7, 11) is 0. The van der Waals surface area contributed by atoms with Crippen LogP contribution in [0.5, 0.6) is 0 Å². The van der Waals surface area contributed by atoms with Crippen LogP contribution in [0, 0.1) is 0 Å². The van der Waals surface area contributed by atoms with Crippen molar-refractivity contribution in [1.29, 1.82) is 0 Å². The van der Waals surface area contributed by atoms with Crippen LogP contribution in [0.2, 0.25) is 0 Å². The first kappa shape index (κ1) is 24.2. The average Bonchev–Trinajstić information content (AvgIpc) is 3.32. The van der Waals surface area contributed by atoms with E-state index in [1.54, 1.807) is 0 Å². The minimum atomic E-state index is -0.144. The summed E-state index contributed by atoms with van der Waals surface area (Å²) in [4.78, 5) is 2.49. The third-order valence-corrected chi connectivity index (χ3v) is 7.81. The molecule has 0 bridgehead atoms. The smallest absolute Gasteiger partial charge is 0.0562 e. The minimum Gasteiger partial charge on any atom is -0.336 e. The minimum absolute atomic E-state index is 0.144. The molecule has 1 heterocycles. The van der Waals surface area contributed by atoms with Gasteiger partial charge in [0.25, 0.3) is 0 Å². The number of benzene rings is 6. The van der Waals surface area contributed by atoms with Crippen LogP contribution >= 0.6 is 0 Å². The van der Waals surface area contributed by atoms with Crippen molar-refractivity contribution in [3.8, 4) is 16.8 Å². The fraction of sp³-hybridized carbons (Fsp3) is 0.105. The lowest BCUT2D eigenvalue weighted by Gasteiger charge is -2.38. The molecule has 0 aliphatic carbocycles. The highest BCUT2D eigenvalue weighted by Gasteiger charge is 2.27. The second kappa shape index (κ2) is 9.43. The van der Waals surface area contributed by atoms with E-state index in [-0.39, 0.29) is 5.54 Å². The lowest BCUT2D eigenvalue weighted by atomic mass is 9.98. The summed E-state index contributed by atoms with van der Waals surface area (Å²) in [6.45, 7) is 6.87. The molecule has 6 aromatic carbocycles. The summed E-state index contributed by atoms with van der Waals surface area (Å²) in [5.41, 5.74) is 8.32. The molecule has 1 aromatic heterocycles. The zero-order chi connectivity index (χ0) is 27.3. The Hall–Kier alpha value is -4.82. The fourth-order valence-corrected chi connectivity index (χ4v) is 6.10. The molecule has 0 fully saturated rings. The monoisotopic (exact) mass is 516 g/mol. The van der Waals surface area contributed by atoms with E-state index in [1.165, 1.54) is 60.8 Å². The molecule has 0 aliphatic heterocycles. The first-order chi connectivity index (χ1) is 19.5. The van der Waals surface area contributed by atoms with E-state index in [2.05, 4.69) is 170 Å². The summed E-state index contributed by atoms with van der Waals surface area (Å²) in [5.74, 6) is 0. The maximum Gasteiger partial charge on any atom is 0.0562 e. The predicted molar refractivity (Wildman–Crippen MR) is 172 cm³/mol. The number of nitrogens with zero attached hydrogens (tertiary/aromatic N) is 2. The fourth-order valence-electron chi connectivity index (χ4n) is 6.10. The molecule has 2 heteroatoms. The van der Waals surface area contributed by atoms with Crippen LogP contribution in [0.15, 0.2) is 140 Å². The molecule has 40 heavy (non-hydrogen) atoms. The van der Waals surface area contributed by atoms with Crippen molar-refractivity contribution in [2.24, 2.45) is 0 Å². The Kier molecular flexibility index (Phi) is 5.71. The number of rotatable bonds is 4. The highest BCUT2D eigenvalue weighted by molar-refractivity contribution is 6.15. The van der Waals surface area contributed by atoms with Crippen molar-refractivity contribution < 1.29 is 0 Å². The van der Waals surface area contributed by atoms with Gasteiger partial charge in [0, 0.05) is 27.7 Å². The zero-order valence-corrected chi connectivity index (χ0v) is 23.2. The largest absolute Gasteiger partial charge is 0.336 e. The Balaban J connectivity index is 1.40. The SMILES string of the molecule is CC(C)(C)N(c1ccc(-c2ccc3ccccc3c2)cc1)c1cccc2c1c1ccccc1n2-c1ccccc1. The van der Waals surface area contributed by atoms with Gasteiger partial charge in [-0.25, -0.2) is 0 Å². The van der Waals surface area contributed by atoms with Crippen LogP contribution in [-0.2, 0) is 0 Å². The van der Waals surface area contributed by atoms with Crippen LogP contribution in [-0.4, -0.2) is 10.1 Å². The number of hydrogen-bond donors (Lipinski definition) is 0. The molecule has 7 rings (SSSR count). The topological polar surface area (TPSA) is 8.17 Å². The molecule has 0 saturated carbocycles. The van der Waals surface area contributed by atoms with Gasteiger partial charge in [0.15, 0.2) is 0 Å². The Bertz CT molecular complexity index is 1970. The van der Waals surface area contributed by atoms with E-state index in [0.29, 0.717) is 0 Å². The summed E-state index contributed by atoms with van der Waals surface area (Å²) in [6.07, 6.45) is 0. The molecular formula is C38H32N2.